The number of pyridine rings is 1. The lowest BCUT2D eigenvalue weighted by atomic mass is 10.00. The molecule has 168 valence electrons. The average Bonchev–Trinajstić information content (AvgIpc) is 3.08. The first kappa shape index (κ1) is 22.4. The highest BCUT2D eigenvalue weighted by Gasteiger charge is 2.22. The first-order chi connectivity index (χ1) is 15.2. The topological polar surface area (TPSA) is 118 Å². The molecule has 0 spiro atoms. The van der Waals surface area contributed by atoms with E-state index in [4.69, 9.17) is 5.73 Å². The minimum Gasteiger partial charge on any atom is -0.513 e. The van der Waals surface area contributed by atoms with Crippen LogP contribution in [0.5, 0.6) is 0 Å². The molecular weight excluding hydrogens is 444 g/mol. The van der Waals surface area contributed by atoms with E-state index in [2.05, 4.69) is 14.7 Å². The maximum Gasteiger partial charge on any atom is 0.240 e. The molecule has 0 amide bonds. The maximum atomic E-state index is 13.1. The molecule has 0 bridgehead atoms. The molecule has 2 aromatic heterocycles. The third-order valence-corrected chi connectivity index (χ3v) is 7.90. The number of benzene rings is 1. The summed E-state index contributed by atoms with van der Waals surface area (Å²) in [6, 6.07) is 6.77. The summed E-state index contributed by atoms with van der Waals surface area (Å²) >= 11 is 1.54. The number of nitrogens with zero attached hydrogens (tertiary/aromatic N) is 2. The van der Waals surface area contributed by atoms with Gasteiger partial charge in [-0.25, -0.2) is 23.1 Å². The van der Waals surface area contributed by atoms with Gasteiger partial charge in [0.15, 0.2) is 0 Å². The van der Waals surface area contributed by atoms with Gasteiger partial charge in [-0.2, -0.15) is 0 Å². The van der Waals surface area contributed by atoms with Crippen LogP contribution in [0.1, 0.15) is 36.3 Å². The monoisotopic (exact) mass is 470 g/mol. The van der Waals surface area contributed by atoms with Gasteiger partial charge in [-0.05, 0) is 68.5 Å². The van der Waals surface area contributed by atoms with Gasteiger partial charge in [0, 0.05) is 35.2 Å². The van der Waals surface area contributed by atoms with E-state index in [1.165, 1.54) is 11.3 Å². The van der Waals surface area contributed by atoms with E-state index in [1.54, 1.807) is 30.5 Å². The third kappa shape index (κ3) is 4.85. The van der Waals surface area contributed by atoms with Crippen LogP contribution in [0.2, 0.25) is 0 Å². The number of nitrogens with one attached hydrogen (secondary N) is 1. The Bertz CT molecular complexity index is 1280. The molecule has 0 unspecified atom stereocenters. The van der Waals surface area contributed by atoms with Crippen LogP contribution in [0.25, 0.3) is 22.4 Å². The van der Waals surface area contributed by atoms with E-state index in [1.807, 2.05) is 25.3 Å². The van der Waals surface area contributed by atoms with Crippen molar-refractivity contribution < 1.29 is 13.5 Å². The molecule has 0 saturated heterocycles. The predicted molar refractivity (Wildman–Crippen MR) is 128 cm³/mol. The van der Waals surface area contributed by atoms with Crippen LogP contribution in [0, 0.1) is 13.8 Å². The number of nitrogen functional groups attached to an aromatic ring is 1. The van der Waals surface area contributed by atoms with E-state index >= 15 is 0 Å². The van der Waals surface area contributed by atoms with Crippen LogP contribution in [-0.4, -0.2) is 29.5 Å². The minimum atomic E-state index is -3.72. The van der Waals surface area contributed by atoms with Gasteiger partial charge in [-0.1, -0.05) is 6.07 Å². The molecule has 1 aromatic carbocycles. The Morgan fingerprint density at radius 3 is 2.75 bits per heavy atom. The molecule has 0 saturated carbocycles. The molecular formula is C23H26N4O3S2. The Morgan fingerprint density at radius 2 is 2.00 bits per heavy atom. The smallest absolute Gasteiger partial charge is 0.240 e. The highest BCUT2D eigenvalue weighted by molar-refractivity contribution is 7.89. The van der Waals surface area contributed by atoms with Gasteiger partial charge in [0.05, 0.1) is 21.4 Å². The number of anilines is 1. The number of rotatable bonds is 5. The minimum absolute atomic E-state index is 0.197. The lowest BCUT2D eigenvalue weighted by Crippen LogP contribution is -2.34. The highest BCUT2D eigenvalue weighted by atomic mass is 32.2. The highest BCUT2D eigenvalue weighted by Crippen LogP contribution is 2.33. The number of aliphatic hydroxyl groups is 1. The number of hydrogen-bond acceptors (Lipinski definition) is 7. The maximum absolute atomic E-state index is 13.1. The van der Waals surface area contributed by atoms with Crippen LogP contribution in [-0.2, 0) is 10.0 Å². The van der Waals surface area contributed by atoms with Crippen molar-refractivity contribution in [2.45, 2.75) is 50.5 Å². The van der Waals surface area contributed by atoms with Crippen LogP contribution in [0.3, 0.4) is 0 Å². The van der Waals surface area contributed by atoms with E-state index in [0.717, 1.165) is 33.0 Å². The van der Waals surface area contributed by atoms with Crippen molar-refractivity contribution in [3.8, 4) is 22.4 Å². The summed E-state index contributed by atoms with van der Waals surface area (Å²) in [4.78, 5) is 9.03. The first-order valence-electron chi connectivity index (χ1n) is 10.4. The summed E-state index contributed by atoms with van der Waals surface area (Å²) in [6.45, 7) is 3.86. The van der Waals surface area contributed by atoms with E-state index in [9.17, 15) is 13.5 Å². The molecule has 32 heavy (non-hydrogen) atoms. The largest absolute Gasteiger partial charge is 0.513 e. The molecule has 4 N–H and O–H groups in total. The summed E-state index contributed by atoms with van der Waals surface area (Å²) in [5, 5.41) is 12.6. The number of thiazole rings is 1. The van der Waals surface area contributed by atoms with Crippen molar-refractivity contribution >= 4 is 27.2 Å². The lowest BCUT2D eigenvalue weighted by molar-refractivity contribution is 0.378. The molecule has 4 rings (SSSR count). The molecule has 0 fully saturated rings. The Balaban J connectivity index is 1.66. The lowest BCUT2D eigenvalue weighted by Gasteiger charge is -2.17. The standard InChI is InChI=1S/C23H26N4O3S2/c1-14-6-9-19(32(29,30)27-17-4-3-5-18(28)8-7-17)11-20(14)16-10-21(23(24)25-12-16)22-13-31-15(2)26-22/h5-6,9-13,17,27-28H,3-4,7-8H2,1-2H3,(H2,24,25)/t17-/m1/s1. The first-order valence-corrected chi connectivity index (χ1v) is 12.8. The molecule has 2 heterocycles. The molecule has 0 aliphatic heterocycles. The van der Waals surface area contributed by atoms with Crippen molar-refractivity contribution in [3.05, 3.63) is 58.2 Å². The van der Waals surface area contributed by atoms with Gasteiger partial charge in [0.2, 0.25) is 10.0 Å². The van der Waals surface area contributed by atoms with Crippen molar-refractivity contribution in [2.24, 2.45) is 0 Å². The predicted octanol–water partition coefficient (Wildman–Crippen LogP) is 4.73. The molecule has 1 aliphatic carbocycles. The number of aryl methyl sites for hydroxylation is 2. The van der Waals surface area contributed by atoms with Crippen LogP contribution < -0.4 is 10.5 Å². The van der Waals surface area contributed by atoms with Crippen molar-refractivity contribution in [1.82, 2.24) is 14.7 Å². The van der Waals surface area contributed by atoms with E-state index in [0.29, 0.717) is 37.3 Å². The fourth-order valence-electron chi connectivity index (χ4n) is 3.82. The molecule has 1 atom stereocenters. The van der Waals surface area contributed by atoms with Gasteiger partial charge in [-0.3, -0.25) is 0 Å². The van der Waals surface area contributed by atoms with Crippen molar-refractivity contribution in [3.63, 3.8) is 0 Å². The zero-order valence-electron chi connectivity index (χ0n) is 18.0. The van der Waals surface area contributed by atoms with E-state index in [-0.39, 0.29) is 10.9 Å². The molecule has 3 aromatic rings. The number of aliphatic hydroxyl groups excluding tert-OH is 1. The van der Waals surface area contributed by atoms with Crippen LogP contribution in [0.4, 0.5) is 5.82 Å². The van der Waals surface area contributed by atoms with Crippen LogP contribution >= 0.6 is 11.3 Å². The third-order valence-electron chi connectivity index (χ3n) is 5.61. The fourth-order valence-corrected chi connectivity index (χ4v) is 5.76. The summed E-state index contributed by atoms with van der Waals surface area (Å²) in [5.74, 6) is 0.707. The summed E-state index contributed by atoms with van der Waals surface area (Å²) in [7, 11) is -3.72. The average molecular weight is 471 g/mol. The summed E-state index contributed by atoms with van der Waals surface area (Å²) < 4.78 is 29.0. The Hall–Kier alpha value is -2.75. The number of aromatic nitrogens is 2. The SMILES string of the molecule is Cc1nc(-c2cc(-c3cc(S(=O)(=O)N[C@@H]4CCC=C(O)CC4)ccc3C)cnc2N)cs1. The Labute approximate surface area is 192 Å². The van der Waals surface area contributed by atoms with Gasteiger partial charge in [-0.15, -0.1) is 11.3 Å². The summed E-state index contributed by atoms with van der Waals surface area (Å²) in [6.07, 6.45) is 5.76. The van der Waals surface area contributed by atoms with Gasteiger partial charge in [0.25, 0.3) is 0 Å². The quantitative estimate of drug-likeness (QED) is 0.496. The zero-order valence-corrected chi connectivity index (χ0v) is 19.6. The second-order valence-corrected chi connectivity index (χ2v) is 10.8. The fraction of sp³-hybridized carbons (Fsp3) is 0.304. The summed E-state index contributed by atoms with van der Waals surface area (Å²) in [5.41, 5.74) is 10.1. The Morgan fingerprint density at radius 1 is 1.19 bits per heavy atom. The molecule has 9 heteroatoms. The zero-order chi connectivity index (χ0) is 22.9. The van der Waals surface area contributed by atoms with Crippen molar-refractivity contribution in [1.29, 1.82) is 0 Å². The number of allylic oxidation sites excluding steroid dienone is 2. The Kier molecular flexibility index (Phi) is 6.32. The molecule has 7 nitrogen and oxygen atoms in total. The second kappa shape index (κ2) is 9.01. The van der Waals surface area contributed by atoms with Gasteiger partial charge < -0.3 is 10.8 Å². The molecule has 0 radical (unpaired) electrons. The van der Waals surface area contributed by atoms with E-state index < -0.39 is 10.0 Å². The number of nitrogens with two attached hydrogens (primary N) is 1. The number of sulfonamides is 1. The normalized spacial score (nSPS) is 17.1. The van der Waals surface area contributed by atoms with Gasteiger partial charge in [0.1, 0.15) is 5.82 Å². The van der Waals surface area contributed by atoms with Gasteiger partial charge >= 0.3 is 0 Å². The number of hydrogen-bond donors (Lipinski definition) is 3. The second-order valence-electron chi connectivity index (χ2n) is 8.01. The molecule has 1 aliphatic rings. The van der Waals surface area contributed by atoms with Crippen LogP contribution in [0.15, 0.2) is 52.6 Å². The van der Waals surface area contributed by atoms with Crippen molar-refractivity contribution in [2.75, 3.05) is 5.73 Å².